The highest BCUT2D eigenvalue weighted by Gasteiger charge is 2.38. The van der Waals surface area contributed by atoms with E-state index in [-0.39, 0.29) is 0 Å². The third kappa shape index (κ3) is 2.74. The lowest BCUT2D eigenvalue weighted by molar-refractivity contribution is 0.343. The van der Waals surface area contributed by atoms with Gasteiger partial charge in [-0.15, -0.1) is 0 Å². The summed E-state index contributed by atoms with van der Waals surface area (Å²) in [5.74, 6) is 2.11. The summed E-state index contributed by atoms with van der Waals surface area (Å²) < 4.78 is 40.0. The molecule has 27 heavy (non-hydrogen) atoms. The van der Waals surface area contributed by atoms with E-state index in [0.717, 1.165) is 23.4 Å². The second kappa shape index (κ2) is 6.38. The number of nitrogens with zero attached hydrogens (tertiary/aromatic N) is 3. The number of fused-ring (bicyclic) bond motifs is 2. The van der Waals surface area contributed by atoms with Crippen LogP contribution in [0.4, 0.5) is 5.82 Å². The Morgan fingerprint density at radius 1 is 1.00 bits per heavy atom. The minimum absolute atomic E-state index is 0.330. The maximum absolute atomic E-state index is 13.5. The summed E-state index contributed by atoms with van der Waals surface area (Å²) in [5, 5.41) is 0. The summed E-state index contributed by atoms with van der Waals surface area (Å²) >= 11 is 0. The molecule has 1 aromatic heterocycles. The molecule has 0 spiro atoms. The van der Waals surface area contributed by atoms with Crippen LogP contribution in [0.5, 0.6) is 11.5 Å². The quantitative estimate of drug-likeness (QED) is 0.794. The van der Waals surface area contributed by atoms with Gasteiger partial charge in [-0.1, -0.05) is 6.07 Å². The predicted octanol–water partition coefficient (Wildman–Crippen LogP) is 1.46. The SMILES string of the molecule is O=S(=O)(c1c2c(cc3c1OCC3)OCC2)N1CCN(c2ccccn2)CC1. The van der Waals surface area contributed by atoms with Crippen LogP contribution in [0, 0.1) is 0 Å². The summed E-state index contributed by atoms with van der Waals surface area (Å²) in [6.07, 6.45) is 3.09. The average molecular weight is 387 g/mol. The summed E-state index contributed by atoms with van der Waals surface area (Å²) in [7, 11) is -3.64. The average Bonchev–Trinajstić information content (AvgIpc) is 3.35. The van der Waals surface area contributed by atoms with Crippen molar-refractivity contribution >= 4 is 15.8 Å². The molecule has 8 heteroatoms. The van der Waals surface area contributed by atoms with Crippen molar-refractivity contribution in [3.63, 3.8) is 0 Å². The molecule has 5 rings (SSSR count). The first-order valence-corrected chi connectivity index (χ1v) is 10.7. The van der Waals surface area contributed by atoms with Gasteiger partial charge in [0.25, 0.3) is 0 Å². The number of sulfonamides is 1. The van der Waals surface area contributed by atoms with Gasteiger partial charge in [0.05, 0.1) is 13.2 Å². The molecule has 0 bridgehead atoms. The highest BCUT2D eigenvalue weighted by Crippen LogP contribution is 2.44. The van der Waals surface area contributed by atoms with Crippen molar-refractivity contribution in [2.24, 2.45) is 0 Å². The zero-order valence-corrected chi connectivity index (χ0v) is 15.7. The van der Waals surface area contributed by atoms with Gasteiger partial charge in [0.1, 0.15) is 22.2 Å². The van der Waals surface area contributed by atoms with Crippen LogP contribution in [0.2, 0.25) is 0 Å². The number of hydrogen-bond acceptors (Lipinski definition) is 6. The van der Waals surface area contributed by atoms with Crippen LogP contribution in [-0.4, -0.2) is 57.1 Å². The first-order valence-electron chi connectivity index (χ1n) is 9.25. The Balaban J connectivity index is 1.45. The fourth-order valence-corrected chi connectivity index (χ4v) is 5.88. The van der Waals surface area contributed by atoms with Crippen LogP contribution in [-0.2, 0) is 22.9 Å². The monoisotopic (exact) mass is 387 g/mol. The van der Waals surface area contributed by atoms with Crippen molar-refractivity contribution in [2.75, 3.05) is 44.3 Å². The zero-order chi connectivity index (χ0) is 18.4. The number of anilines is 1. The second-order valence-corrected chi connectivity index (χ2v) is 8.82. The normalized spacial score (nSPS) is 19.3. The highest BCUT2D eigenvalue weighted by atomic mass is 32.2. The smallest absolute Gasteiger partial charge is 0.247 e. The molecule has 3 aliphatic rings. The van der Waals surface area contributed by atoms with Gasteiger partial charge in [-0.05, 0) is 18.2 Å². The lowest BCUT2D eigenvalue weighted by atomic mass is 10.1. The van der Waals surface area contributed by atoms with Crippen LogP contribution in [0.25, 0.3) is 0 Å². The van der Waals surface area contributed by atoms with Crippen molar-refractivity contribution in [3.8, 4) is 11.5 Å². The van der Waals surface area contributed by atoms with Gasteiger partial charge in [-0.3, -0.25) is 0 Å². The van der Waals surface area contributed by atoms with Crippen LogP contribution in [0.15, 0.2) is 35.4 Å². The van der Waals surface area contributed by atoms with Crippen LogP contribution in [0.1, 0.15) is 11.1 Å². The number of benzene rings is 1. The summed E-state index contributed by atoms with van der Waals surface area (Å²) in [4.78, 5) is 6.81. The van der Waals surface area contributed by atoms with Crippen molar-refractivity contribution in [1.82, 2.24) is 9.29 Å². The Bertz CT molecular complexity index is 938. The van der Waals surface area contributed by atoms with E-state index in [1.807, 2.05) is 24.3 Å². The summed E-state index contributed by atoms with van der Waals surface area (Å²) in [5.41, 5.74) is 1.70. The number of rotatable bonds is 3. The number of pyridine rings is 1. The number of aromatic nitrogens is 1. The van der Waals surface area contributed by atoms with Crippen molar-refractivity contribution in [2.45, 2.75) is 17.7 Å². The molecule has 0 N–H and O–H groups in total. The molecule has 0 amide bonds. The van der Waals surface area contributed by atoms with E-state index in [9.17, 15) is 8.42 Å². The van der Waals surface area contributed by atoms with Gasteiger partial charge in [-0.25, -0.2) is 13.4 Å². The van der Waals surface area contributed by atoms with Gasteiger partial charge in [0.2, 0.25) is 10.0 Å². The zero-order valence-electron chi connectivity index (χ0n) is 14.9. The molecule has 1 fully saturated rings. The fraction of sp³-hybridized carbons (Fsp3) is 0.421. The standard InChI is InChI=1S/C19H21N3O4S/c23-27(24,22-9-7-21(8-10-22)17-3-1-2-6-20-17)19-15-5-12-25-16(15)13-14-4-11-26-18(14)19/h1-3,6,13H,4-5,7-12H2. The second-order valence-electron chi connectivity index (χ2n) is 6.95. The Morgan fingerprint density at radius 2 is 1.81 bits per heavy atom. The van der Waals surface area contributed by atoms with E-state index in [0.29, 0.717) is 62.2 Å². The molecule has 3 aliphatic heterocycles. The van der Waals surface area contributed by atoms with Crippen molar-refractivity contribution < 1.29 is 17.9 Å². The van der Waals surface area contributed by atoms with E-state index < -0.39 is 10.0 Å². The molecule has 0 atom stereocenters. The maximum Gasteiger partial charge on any atom is 0.247 e. The predicted molar refractivity (Wildman–Crippen MR) is 100 cm³/mol. The molecule has 2 aromatic rings. The van der Waals surface area contributed by atoms with E-state index in [1.165, 1.54) is 0 Å². The Kier molecular flexibility index (Phi) is 3.98. The van der Waals surface area contributed by atoms with Crippen molar-refractivity contribution in [1.29, 1.82) is 0 Å². The lowest BCUT2D eigenvalue weighted by Crippen LogP contribution is -2.49. The van der Waals surface area contributed by atoms with Gasteiger partial charge in [-0.2, -0.15) is 4.31 Å². The lowest BCUT2D eigenvalue weighted by Gasteiger charge is -2.35. The van der Waals surface area contributed by atoms with Gasteiger partial charge in [0.15, 0.2) is 0 Å². The van der Waals surface area contributed by atoms with Crippen LogP contribution >= 0.6 is 0 Å². The molecule has 1 aromatic carbocycles. The van der Waals surface area contributed by atoms with E-state index in [2.05, 4.69) is 9.88 Å². The molecule has 0 radical (unpaired) electrons. The third-order valence-corrected chi connectivity index (χ3v) is 7.40. The molecule has 1 saturated heterocycles. The topological polar surface area (TPSA) is 72.0 Å². The van der Waals surface area contributed by atoms with Crippen LogP contribution < -0.4 is 14.4 Å². The number of hydrogen-bond donors (Lipinski definition) is 0. The Hall–Kier alpha value is -2.32. The molecule has 142 valence electrons. The van der Waals surface area contributed by atoms with Gasteiger partial charge < -0.3 is 14.4 Å². The van der Waals surface area contributed by atoms with E-state index in [4.69, 9.17) is 9.47 Å². The molecule has 0 saturated carbocycles. The maximum atomic E-state index is 13.5. The Morgan fingerprint density at radius 3 is 2.59 bits per heavy atom. The van der Waals surface area contributed by atoms with E-state index in [1.54, 1.807) is 10.5 Å². The molecule has 0 unspecified atom stereocenters. The first-order chi connectivity index (χ1) is 13.1. The molecular weight excluding hydrogens is 366 g/mol. The minimum atomic E-state index is -3.64. The molecule has 7 nitrogen and oxygen atoms in total. The van der Waals surface area contributed by atoms with Gasteiger partial charge >= 0.3 is 0 Å². The molecule has 4 heterocycles. The summed E-state index contributed by atoms with van der Waals surface area (Å²) in [6.45, 7) is 3.13. The molecule has 0 aliphatic carbocycles. The first kappa shape index (κ1) is 16.8. The largest absolute Gasteiger partial charge is 0.493 e. The summed E-state index contributed by atoms with van der Waals surface area (Å²) in [6, 6.07) is 7.72. The third-order valence-electron chi connectivity index (χ3n) is 5.41. The number of ether oxygens (including phenoxy) is 2. The van der Waals surface area contributed by atoms with Crippen molar-refractivity contribution in [3.05, 3.63) is 41.6 Å². The van der Waals surface area contributed by atoms with Gasteiger partial charge in [0, 0.05) is 56.3 Å². The minimum Gasteiger partial charge on any atom is -0.493 e. The molecular formula is C19H21N3O4S. The fourth-order valence-electron chi connectivity index (χ4n) is 4.04. The highest BCUT2D eigenvalue weighted by molar-refractivity contribution is 7.89. The van der Waals surface area contributed by atoms with Crippen LogP contribution in [0.3, 0.4) is 0 Å². The number of piperazine rings is 1. The van der Waals surface area contributed by atoms with E-state index >= 15 is 0 Å². The Labute approximate surface area is 158 Å².